The Morgan fingerprint density at radius 1 is 0.767 bits per heavy atom. The molecule has 5 heteroatoms. The quantitative estimate of drug-likeness (QED) is 0.292. The number of ether oxygens (including phenoxy) is 2. The minimum absolute atomic E-state index is 0.338. The number of esters is 2. The van der Waals surface area contributed by atoms with E-state index in [4.69, 9.17) is 13.9 Å². The van der Waals surface area contributed by atoms with Crippen molar-refractivity contribution in [2.45, 2.75) is 20.8 Å². The number of carbonyl (C=O) groups excluding carboxylic acids is 2. The molecular formula is C25H22O5. The van der Waals surface area contributed by atoms with Gasteiger partial charge in [-0.15, -0.1) is 0 Å². The van der Waals surface area contributed by atoms with Gasteiger partial charge in [0.2, 0.25) is 0 Å². The Balaban J connectivity index is 1.77. The normalized spacial score (nSPS) is 10.4. The summed E-state index contributed by atoms with van der Waals surface area (Å²) in [6.07, 6.45) is 0. The molecule has 0 bridgehead atoms. The zero-order valence-corrected chi connectivity index (χ0v) is 17.2. The van der Waals surface area contributed by atoms with Crippen LogP contribution in [0.4, 0.5) is 0 Å². The van der Waals surface area contributed by atoms with Crippen LogP contribution < -0.4 is 9.47 Å². The zero-order chi connectivity index (χ0) is 21.8. The van der Waals surface area contributed by atoms with Gasteiger partial charge in [-0.2, -0.15) is 0 Å². The van der Waals surface area contributed by atoms with Crippen molar-refractivity contribution in [3.63, 3.8) is 0 Å². The van der Waals surface area contributed by atoms with E-state index < -0.39 is 11.9 Å². The van der Waals surface area contributed by atoms with Gasteiger partial charge in [-0.3, -0.25) is 0 Å². The molecule has 0 saturated carbocycles. The minimum Gasteiger partial charge on any atom is -0.456 e. The summed E-state index contributed by atoms with van der Waals surface area (Å²) in [7, 11) is 0. The fourth-order valence-corrected chi connectivity index (χ4v) is 2.63. The molecule has 3 rings (SSSR count). The second-order valence-corrected chi connectivity index (χ2v) is 7.01. The molecule has 0 amide bonds. The summed E-state index contributed by atoms with van der Waals surface area (Å²) in [5, 5.41) is 0. The molecule has 30 heavy (non-hydrogen) atoms. The third-order valence-corrected chi connectivity index (χ3v) is 4.31. The van der Waals surface area contributed by atoms with Crippen molar-refractivity contribution in [2.24, 2.45) is 0 Å². The average Bonchev–Trinajstić information content (AvgIpc) is 3.20. The summed E-state index contributed by atoms with van der Waals surface area (Å²) in [4.78, 5) is 23.3. The van der Waals surface area contributed by atoms with E-state index in [1.54, 1.807) is 32.0 Å². The molecule has 0 atom stereocenters. The van der Waals surface area contributed by atoms with E-state index in [9.17, 15) is 9.59 Å². The van der Waals surface area contributed by atoms with E-state index in [1.807, 2.05) is 43.3 Å². The number of hydrogen-bond donors (Lipinski definition) is 0. The minimum atomic E-state index is -0.462. The average molecular weight is 402 g/mol. The van der Waals surface area contributed by atoms with Crippen molar-refractivity contribution < 1.29 is 23.5 Å². The van der Waals surface area contributed by atoms with Gasteiger partial charge in [0.05, 0.1) is 0 Å². The van der Waals surface area contributed by atoms with Crippen LogP contribution in [0.1, 0.15) is 19.4 Å². The zero-order valence-electron chi connectivity index (χ0n) is 17.2. The fourth-order valence-electron chi connectivity index (χ4n) is 2.63. The van der Waals surface area contributed by atoms with Gasteiger partial charge < -0.3 is 13.9 Å². The lowest BCUT2D eigenvalue weighted by atomic mass is 10.1. The summed E-state index contributed by atoms with van der Waals surface area (Å²) in [5.41, 5.74) is 3.20. The SMILES string of the molecule is C=C(C)C(=O)Oc1ccc(-c2ccc(-c3ccc(OC(=O)C(=C)C)c(C)c3)o2)cc1. The standard InChI is InChI=1S/C25H22O5/c1-15(2)24(26)28-20-9-6-18(7-10-20)22-12-13-23(29-22)19-8-11-21(17(5)14-19)30-25(27)16(3)4/h6-14H,1,3H2,2,4-5H3. The van der Waals surface area contributed by atoms with Gasteiger partial charge in [0.25, 0.3) is 0 Å². The fraction of sp³-hybridized carbons (Fsp3) is 0.120. The number of furan rings is 1. The summed E-state index contributed by atoms with van der Waals surface area (Å²) in [5.74, 6) is 1.37. The highest BCUT2D eigenvalue weighted by Gasteiger charge is 2.12. The highest BCUT2D eigenvalue weighted by atomic mass is 16.5. The van der Waals surface area contributed by atoms with Gasteiger partial charge in [-0.1, -0.05) is 13.2 Å². The first-order chi connectivity index (χ1) is 14.2. The van der Waals surface area contributed by atoms with Gasteiger partial charge in [0.1, 0.15) is 23.0 Å². The van der Waals surface area contributed by atoms with Crippen molar-refractivity contribution in [2.75, 3.05) is 0 Å². The second-order valence-electron chi connectivity index (χ2n) is 7.01. The van der Waals surface area contributed by atoms with Crippen molar-refractivity contribution in [3.05, 3.63) is 84.5 Å². The van der Waals surface area contributed by atoms with Crippen LogP contribution in [0.3, 0.4) is 0 Å². The molecule has 0 aliphatic carbocycles. The molecule has 5 nitrogen and oxygen atoms in total. The van der Waals surface area contributed by atoms with E-state index in [1.165, 1.54) is 0 Å². The van der Waals surface area contributed by atoms with E-state index >= 15 is 0 Å². The van der Waals surface area contributed by atoms with E-state index in [0.29, 0.717) is 34.2 Å². The van der Waals surface area contributed by atoms with Crippen LogP contribution in [-0.4, -0.2) is 11.9 Å². The summed E-state index contributed by atoms with van der Waals surface area (Å²) in [6, 6.07) is 16.2. The lowest BCUT2D eigenvalue weighted by Gasteiger charge is -2.08. The predicted octanol–water partition coefficient (Wildman–Crippen LogP) is 5.89. The number of aryl methyl sites for hydroxylation is 1. The van der Waals surface area contributed by atoms with Crippen molar-refractivity contribution in [1.82, 2.24) is 0 Å². The molecule has 152 valence electrons. The maximum atomic E-state index is 11.7. The maximum Gasteiger partial charge on any atom is 0.338 e. The first-order valence-corrected chi connectivity index (χ1v) is 9.31. The molecule has 0 aliphatic heterocycles. The van der Waals surface area contributed by atoms with Crippen LogP contribution in [0.15, 0.2) is 83.3 Å². The number of benzene rings is 2. The van der Waals surface area contributed by atoms with Crippen LogP contribution >= 0.6 is 0 Å². The Labute approximate surface area is 175 Å². The monoisotopic (exact) mass is 402 g/mol. The lowest BCUT2D eigenvalue weighted by molar-refractivity contribution is -0.131. The maximum absolute atomic E-state index is 11.7. The molecule has 0 N–H and O–H groups in total. The Morgan fingerprint density at radius 2 is 1.30 bits per heavy atom. The molecule has 1 aromatic heterocycles. The number of carbonyl (C=O) groups is 2. The molecule has 1 heterocycles. The van der Waals surface area contributed by atoms with E-state index in [-0.39, 0.29) is 0 Å². The summed E-state index contributed by atoms with van der Waals surface area (Å²) in [6.45, 7) is 12.2. The van der Waals surface area contributed by atoms with Crippen LogP contribution in [0, 0.1) is 6.92 Å². The molecule has 0 unspecified atom stereocenters. The molecule has 0 saturated heterocycles. The first kappa shape index (κ1) is 20.9. The molecule has 0 fully saturated rings. The topological polar surface area (TPSA) is 65.7 Å². The summed E-state index contributed by atoms with van der Waals surface area (Å²) < 4.78 is 16.5. The predicted molar refractivity (Wildman–Crippen MR) is 115 cm³/mol. The van der Waals surface area contributed by atoms with Crippen molar-refractivity contribution in [1.29, 1.82) is 0 Å². The van der Waals surface area contributed by atoms with Crippen molar-refractivity contribution in [3.8, 4) is 34.1 Å². The molecule has 0 aliphatic rings. The van der Waals surface area contributed by atoms with Gasteiger partial charge in [-0.25, -0.2) is 9.59 Å². The van der Waals surface area contributed by atoms with E-state index in [2.05, 4.69) is 13.2 Å². The van der Waals surface area contributed by atoms with Crippen molar-refractivity contribution >= 4 is 11.9 Å². The van der Waals surface area contributed by atoms with E-state index in [0.717, 1.165) is 16.7 Å². The Hall–Kier alpha value is -3.86. The molecule has 2 aromatic carbocycles. The van der Waals surface area contributed by atoms with Gasteiger partial charge in [-0.05, 0) is 80.9 Å². The van der Waals surface area contributed by atoms with Crippen LogP contribution in [-0.2, 0) is 9.59 Å². The van der Waals surface area contributed by atoms with Gasteiger partial charge in [0, 0.05) is 22.3 Å². The molecule has 3 aromatic rings. The Morgan fingerprint density at radius 3 is 1.87 bits per heavy atom. The Kier molecular flexibility index (Phi) is 6.02. The highest BCUT2D eigenvalue weighted by Crippen LogP contribution is 2.32. The summed E-state index contributed by atoms with van der Waals surface area (Å²) >= 11 is 0. The smallest absolute Gasteiger partial charge is 0.338 e. The van der Waals surface area contributed by atoms with Gasteiger partial charge in [0.15, 0.2) is 0 Å². The van der Waals surface area contributed by atoms with Crippen LogP contribution in [0.5, 0.6) is 11.5 Å². The Bertz CT molecular complexity index is 1130. The molecule has 0 spiro atoms. The third kappa shape index (κ3) is 4.75. The number of rotatable bonds is 6. The second kappa shape index (κ2) is 8.66. The van der Waals surface area contributed by atoms with Crippen LogP contribution in [0.25, 0.3) is 22.6 Å². The lowest BCUT2D eigenvalue weighted by Crippen LogP contribution is -2.09. The first-order valence-electron chi connectivity index (χ1n) is 9.31. The molecular weight excluding hydrogens is 380 g/mol. The third-order valence-electron chi connectivity index (χ3n) is 4.31. The highest BCUT2D eigenvalue weighted by molar-refractivity contribution is 5.89. The molecule has 0 radical (unpaired) electrons. The van der Waals surface area contributed by atoms with Gasteiger partial charge >= 0.3 is 11.9 Å². The largest absolute Gasteiger partial charge is 0.456 e. The van der Waals surface area contributed by atoms with Crippen LogP contribution in [0.2, 0.25) is 0 Å². The number of hydrogen-bond acceptors (Lipinski definition) is 5.